The van der Waals surface area contributed by atoms with Crippen LogP contribution in [0.4, 0.5) is 0 Å². The molecular weight excluding hydrogens is 212 g/mol. The lowest BCUT2D eigenvalue weighted by Crippen LogP contribution is -2.45. The molecule has 92 valence electrons. The Morgan fingerprint density at radius 2 is 2.06 bits per heavy atom. The molecule has 1 amide bonds. The highest BCUT2D eigenvalue weighted by Crippen LogP contribution is 2.25. The van der Waals surface area contributed by atoms with E-state index in [0.717, 1.165) is 0 Å². The second kappa shape index (κ2) is 5.81. The second-order valence-electron chi connectivity index (χ2n) is 4.28. The summed E-state index contributed by atoms with van der Waals surface area (Å²) in [4.78, 5) is 21.7. The predicted molar refractivity (Wildman–Crippen MR) is 56.6 cm³/mol. The molecule has 6 heteroatoms. The van der Waals surface area contributed by atoms with Crippen LogP contribution in [0.1, 0.15) is 25.7 Å². The molecule has 1 atom stereocenters. The molecule has 0 aromatic rings. The topological polar surface area (TPSA) is 113 Å². The first-order chi connectivity index (χ1) is 7.49. The molecule has 1 aliphatic carbocycles. The molecule has 5 N–H and O–H groups in total. The lowest BCUT2D eigenvalue weighted by Gasteiger charge is -2.31. The van der Waals surface area contributed by atoms with Crippen LogP contribution >= 0.6 is 0 Å². The lowest BCUT2D eigenvalue weighted by molar-refractivity contribution is -0.137. The van der Waals surface area contributed by atoms with Gasteiger partial charge in [0.15, 0.2) is 0 Å². The third kappa shape index (κ3) is 4.16. The van der Waals surface area contributed by atoms with E-state index in [4.69, 9.17) is 15.9 Å². The van der Waals surface area contributed by atoms with Gasteiger partial charge in [0, 0.05) is 13.0 Å². The van der Waals surface area contributed by atoms with E-state index in [1.165, 1.54) is 0 Å². The number of aliphatic carboxylic acids is 1. The van der Waals surface area contributed by atoms with E-state index in [2.05, 4.69) is 5.32 Å². The van der Waals surface area contributed by atoms with Crippen molar-refractivity contribution in [3.63, 3.8) is 0 Å². The van der Waals surface area contributed by atoms with E-state index in [0.29, 0.717) is 25.3 Å². The van der Waals surface area contributed by atoms with Crippen LogP contribution in [-0.4, -0.2) is 40.8 Å². The van der Waals surface area contributed by atoms with Crippen LogP contribution in [0.2, 0.25) is 0 Å². The quantitative estimate of drug-likeness (QED) is 0.470. The van der Waals surface area contributed by atoms with E-state index in [-0.39, 0.29) is 24.9 Å². The van der Waals surface area contributed by atoms with Crippen molar-refractivity contribution in [2.45, 2.75) is 37.8 Å². The maximum Gasteiger partial charge on any atom is 0.303 e. The number of rotatable bonds is 6. The molecule has 0 radical (unpaired) electrons. The van der Waals surface area contributed by atoms with Crippen molar-refractivity contribution in [2.75, 3.05) is 6.54 Å². The summed E-state index contributed by atoms with van der Waals surface area (Å²) < 4.78 is 0. The molecule has 0 spiro atoms. The van der Waals surface area contributed by atoms with Crippen molar-refractivity contribution in [1.29, 1.82) is 0 Å². The molecule has 16 heavy (non-hydrogen) atoms. The summed E-state index contributed by atoms with van der Waals surface area (Å²) in [5.41, 5.74) is 5.51. The molecule has 1 rings (SSSR count). The number of carbonyl (C=O) groups is 2. The molecule has 0 saturated heterocycles. The molecule has 0 aliphatic heterocycles. The number of carboxylic acid groups (broad SMARTS) is 1. The number of carboxylic acids is 1. The normalized spacial score (nSPS) is 25.6. The summed E-state index contributed by atoms with van der Waals surface area (Å²) in [5, 5.41) is 20.1. The Labute approximate surface area is 93.8 Å². The fourth-order valence-electron chi connectivity index (χ4n) is 1.65. The number of nitrogens with one attached hydrogen (secondary N) is 1. The van der Waals surface area contributed by atoms with Gasteiger partial charge in [0.2, 0.25) is 5.91 Å². The van der Waals surface area contributed by atoms with Gasteiger partial charge in [0.1, 0.15) is 0 Å². The minimum Gasteiger partial charge on any atom is -0.481 e. The lowest BCUT2D eigenvalue weighted by atomic mass is 9.82. The molecule has 1 fully saturated rings. The summed E-state index contributed by atoms with van der Waals surface area (Å²) in [6, 6.07) is -0.763. The highest BCUT2D eigenvalue weighted by Gasteiger charge is 2.27. The van der Waals surface area contributed by atoms with E-state index in [9.17, 15) is 9.59 Å². The zero-order chi connectivity index (χ0) is 12.1. The predicted octanol–water partition coefficient (Wildman–Crippen LogP) is -0.934. The molecule has 1 saturated carbocycles. The summed E-state index contributed by atoms with van der Waals surface area (Å²) in [7, 11) is 0. The van der Waals surface area contributed by atoms with Gasteiger partial charge in [0.25, 0.3) is 0 Å². The van der Waals surface area contributed by atoms with Crippen molar-refractivity contribution in [3.05, 3.63) is 0 Å². The van der Waals surface area contributed by atoms with Crippen molar-refractivity contribution in [3.8, 4) is 0 Å². The zero-order valence-corrected chi connectivity index (χ0v) is 9.06. The highest BCUT2D eigenvalue weighted by atomic mass is 16.4. The summed E-state index contributed by atoms with van der Waals surface area (Å²) >= 11 is 0. The molecule has 0 bridgehead atoms. The molecular formula is C10H18N2O4. The number of aliphatic hydroxyl groups is 1. The van der Waals surface area contributed by atoms with Gasteiger partial charge >= 0.3 is 5.97 Å². The van der Waals surface area contributed by atoms with Crippen LogP contribution in [-0.2, 0) is 9.59 Å². The zero-order valence-electron chi connectivity index (χ0n) is 9.06. The highest BCUT2D eigenvalue weighted by molar-refractivity contribution is 5.82. The third-order valence-electron chi connectivity index (χ3n) is 2.78. The number of carbonyl (C=O) groups excluding carboxylic acids is 1. The number of hydrogen-bond acceptors (Lipinski definition) is 4. The average Bonchev–Trinajstić information content (AvgIpc) is 2.18. The van der Waals surface area contributed by atoms with Gasteiger partial charge in [0.05, 0.1) is 12.1 Å². The minimum atomic E-state index is -0.953. The van der Waals surface area contributed by atoms with Gasteiger partial charge in [-0.3, -0.25) is 9.59 Å². The van der Waals surface area contributed by atoms with Crippen LogP contribution < -0.4 is 11.1 Å². The molecule has 1 unspecified atom stereocenters. The Morgan fingerprint density at radius 1 is 1.44 bits per heavy atom. The smallest absolute Gasteiger partial charge is 0.303 e. The molecule has 0 heterocycles. The van der Waals surface area contributed by atoms with Gasteiger partial charge in [-0.05, 0) is 25.2 Å². The Kier molecular flexibility index (Phi) is 4.70. The standard InChI is InChI=1S/C10H18N2O4/c11-8(1-2-9(14)15)10(16)12-5-6-3-7(13)4-6/h6-8,13H,1-5,11H2,(H,12,16)(H,14,15). The summed E-state index contributed by atoms with van der Waals surface area (Å²) in [6.45, 7) is 0.511. The van der Waals surface area contributed by atoms with Crippen molar-refractivity contribution in [1.82, 2.24) is 5.32 Å². The van der Waals surface area contributed by atoms with Gasteiger partial charge in [-0.25, -0.2) is 0 Å². The molecule has 0 aromatic heterocycles. The molecule has 0 aromatic carbocycles. The van der Waals surface area contributed by atoms with Crippen molar-refractivity contribution < 1.29 is 19.8 Å². The van der Waals surface area contributed by atoms with Crippen LogP contribution in [0.25, 0.3) is 0 Å². The molecule has 1 aliphatic rings. The van der Waals surface area contributed by atoms with Crippen molar-refractivity contribution in [2.24, 2.45) is 11.7 Å². The average molecular weight is 230 g/mol. The van der Waals surface area contributed by atoms with Gasteiger partial charge in [-0.15, -0.1) is 0 Å². The fourth-order valence-corrected chi connectivity index (χ4v) is 1.65. The number of aliphatic hydroxyl groups excluding tert-OH is 1. The summed E-state index contributed by atoms with van der Waals surface area (Å²) in [5.74, 6) is -0.946. The number of nitrogens with two attached hydrogens (primary N) is 1. The summed E-state index contributed by atoms with van der Waals surface area (Å²) in [6.07, 6.45) is 1.24. The Hall–Kier alpha value is -1.14. The van der Waals surface area contributed by atoms with Crippen LogP contribution in [0, 0.1) is 5.92 Å². The Balaban J connectivity index is 2.11. The fraction of sp³-hybridized carbons (Fsp3) is 0.800. The minimum absolute atomic E-state index is 0.100. The Bertz CT molecular complexity index is 264. The van der Waals surface area contributed by atoms with Gasteiger partial charge in [-0.1, -0.05) is 0 Å². The van der Waals surface area contributed by atoms with Crippen LogP contribution in [0.15, 0.2) is 0 Å². The largest absolute Gasteiger partial charge is 0.481 e. The SMILES string of the molecule is NC(CCC(=O)O)C(=O)NCC1CC(O)C1. The first kappa shape index (κ1) is 12.9. The molecule has 6 nitrogen and oxygen atoms in total. The van der Waals surface area contributed by atoms with Gasteiger partial charge in [-0.2, -0.15) is 0 Å². The van der Waals surface area contributed by atoms with E-state index < -0.39 is 12.0 Å². The van der Waals surface area contributed by atoms with E-state index in [1.54, 1.807) is 0 Å². The van der Waals surface area contributed by atoms with Gasteiger partial charge < -0.3 is 21.3 Å². The van der Waals surface area contributed by atoms with Crippen LogP contribution in [0.3, 0.4) is 0 Å². The third-order valence-corrected chi connectivity index (χ3v) is 2.78. The van der Waals surface area contributed by atoms with Crippen LogP contribution in [0.5, 0.6) is 0 Å². The second-order valence-corrected chi connectivity index (χ2v) is 4.28. The van der Waals surface area contributed by atoms with Crippen molar-refractivity contribution >= 4 is 11.9 Å². The van der Waals surface area contributed by atoms with E-state index in [1.807, 2.05) is 0 Å². The number of amides is 1. The maximum absolute atomic E-state index is 11.4. The maximum atomic E-state index is 11.4. The number of hydrogen-bond donors (Lipinski definition) is 4. The first-order valence-corrected chi connectivity index (χ1v) is 5.42. The monoisotopic (exact) mass is 230 g/mol. The first-order valence-electron chi connectivity index (χ1n) is 5.42. The van der Waals surface area contributed by atoms with E-state index >= 15 is 0 Å². The Morgan fingerprint density at radius 3 is 2.56 bits per heavy atom.